The highest BCUT2D eigenvalue weighted by Gasteiger charge is 2.13. The molecule has 0 saturated heterocycles. The summed E-state index contributed by atoms with van der Waals surface area (Å²) in [5.41, 5.74) is 2.23. The van der Waals surface area contributed by atoms with Gasteiger partial charge in [-0.15, -0.1) is 0 Å². The van der Waals surface area contributed by atoms with Crippen LogP contribution in [-0.4, -0.2) is 29.9 Å². The topological polar surface area (TPSA) is 65.4 Å². The molecule has 6 heteroatoms. The highest BCUT2D eigenvalue weighted by Crippen LogP contribution is 2.30. The lowest BCUT2D eigenvalue weighted by molar-refractivity contribution is 0.0950. The van der Waals surface area contributed by atoms with Gasteiger partial charge in [-0.05, 0) is 18.2 Å². The molecule has 0 aliphatic carbocycles. The van der Waals surface area contributed by atoms with Crippen LogP contribution in [0, 0.1) is 0 Å². The Morgan fingerprint density at radius 3 is 2.60 bits per heavy atom. The lowest BCUT2D eigenvalue weighted by Crippen LogP contribution is -2.22. The second-order valence-electron chi connectivity index (χ2n) is 5.34. The molecule has 0 atom stereocenters. The molecule has 1 amide bonds. The Balaban J connectivity index is 1.71. The van der Waals surface area contributed by atoms with E-state index in [1.807, 2.05) is 48.5 Å². The number of hydrogen-bond donors (Lipinski definition) is 1. The van der Waals surface area contributed by atoms with E-state index < -0.39 is 0 Å². The van der Waals surface area contributed by atoms with Gasteiger partial charge in [0.05, 0.1) is 31.7 Å². The summed E-state index contributed by atoms with van der Waals surface area (Å²) in [5, 5.41) is 7.11. The minimum Gasteiger partial charge on any atom is -0.493 e. The van der Waals surface area contributed by atoms with Crippen molar-refractivity contribution in [2.75, 3.05) is 14.2 Å². The zero-order valence-electron chi connectivity index (χ0n) is 14.1. The van der Waals surface area contributed by atoms with Crippen LogP contribution in [0.4, 0.5) is 0 Å². The Bertz CT molecular complexity index is 859. The standard InChI is InChI=1S/C19H19N3O3/c1-24-17-10-6-7-14(18(17)25-2)11-20-19(23)15-12-21-22(13-15)16-8-4-3-5-9-16/h3-10,12-13H,11H2,1-2H3,(H,20,23). The van der Waals surface area contributed by atoms with Crippen LogP contribution in [0.2, 0.25) is 0 Å². The van der Waals surface area contributed by atoms with E-state index in [1.54, 1.807) is 31.3 Å². The normalized spacial score (nSPS) is 10.3. The SMILES string of the molecule is COc1cccc(CNC(=O)c2cnn(-c3ccccc3)c2)c1OC. The van der Waals surface area contributed by atoms with Crippen LogP contribution in [0.3, 0.4) is 0 Å². The van der Waals surface area contributed by atoms with Gasteiger partial charge in [0.25, 0.3) is 5.91 Å². The van der Waals surface area contributed by atoms with E-state index in [-0.39, 0.29) is 5.91 Å². The van der Waals surface area contributed by atoms with E-state index in [9.17, 15) is 4.79 Å². The molecule has 1 heterocycles. The van der Waals surface area contributed by atoms with E-state index in [1.165, 1.54) is 0 Å². The Labute approximate surface area is 146 Å². The van der Waals surface area contributed by atoms with Gasteiger partial charge in [0.15, 0.2) is 11.5 Å². The maximum Gasteiger partial charge on any atom is 0.254 e. The van der Waals surface area contributed by atoms with Crippen molar-refractivity contribution in [1.82, 2.24) is 15.1 Å². The quantitative estimate of drug-likeness (QED) is 0.751. The van der Waals surface area contributed by atoms with Gasteiger partial charge in [-0.1, -0.05) is 30.3 Å². The van der Waals surface area contributed by atoms with Gasteiger partial charge in [0.2, 0.25) is 0 Å². The summed E-state index contributed by atoms with van der Waals surface area (Å²) in [7, 11) is 3.16. The second kappa shape index (κ2) is 7.53. The van der Waals surface area contributed by atoms with E-state index >= 15 is 0 Å². The lowest BCUT2D eigenvalue weighted by atomic mass is 10.1. The van der Waals surface area contributed by atoms with Crippen molar-refractivity contribution >= 4 is 5.91 Å². The number of amides is 1. The molecular weight excluding hydrogens is 318 g/mol. The van der Waals surface area contributed by atoms with Gasteiger partial charge in [-0.3, -0.25) is 4.79 Å². The van der Waals surface area contributed by atoms with Crippen molar-refractivity contribution in [3.8, 4) is 17.2 Å². The van der Waals surface area contributed by atoms with E-state index in [0.29, 0.717) is 23.6 Å². The molecule has 0 aliphatic heterocycles. The predicted molar refractivity (Wildman–Crippen MR) is 94.3 cm³/mol. The molecule has 0 unspecified atom stereocenters. The molecule has 3 rings (SSSR count). The molecule has 1 N–H and O–H groups in total. The molecule has 0 bridgehead atoms. The molecule has 25 heavy (non-hydrogen) atoms. The van der Waals surface area contributed by atoms with Crippen LogP contribution in [0.5, 0.6) is 11.5 Å². The fraction of sp³-hybridized carbons (Fsp3) is 0.158. The molecule has 0 radical (unpaired) electrons. The Kier molecular flexibility index (Phi) is 4.99. The number of hydrogen-bond acceptors (Lipinski definition) is 4. The predicted octanol–water partition coefficient (Wildman–Crippen LogP) is 2.82. The third-order valence-corrected chi connectivity index (χ3v) is 3.79. The summed E-state index contributed by atoms with van der Waals surface area (Å²) in [4.78, 5) is 12.4. The molecular formula is C19H19N3O3. The van der Waals surface area contributed by atoms with Crippen LogP contribution in [0.1, 0.15) is 15.9 Å². The zero-order chi connectivity index (χ0) is 17.6. The Hall–Kier alpha value is -3.28. The van der Waals surface area contributed by atoms with Crippen LogP contribution >= 0.6 is 0 Å². The van der Waals surface area contributed by atoms with Gasteiger partial charge in [-0.25, -0.2) is 4.68 Å². The number of nitrogens with one attached hydrogen (secondary N) is 1. The van der Waals surface area contributed by atoms with Crippen molar-refractivity contribution in [2.45, 2.75) is 6.54 Å². The highest BCUT2D eigenvalue weighted by atomic mass is 16.5. The van der Waals surface area contributed by atoms with Gasteiger partial charge in [-0.2, -0.15) is 5.10 Å². The summed E-state index contributed by atoms with van der Waals surface area (Å²) < 4.78 is 12.3. The summed E-state index contributed by atoms with van der Waals surface area (Å²) >= 11 is 0. The second-order valence-corrected chi connectivity index (χ2v) is 5.34. The minimum atomic E-state index is -0.202. The number of aromatic nitrogens is 2. The number of para-hydroxylation sites is 2. The maximum atomic E-state index is 12.4. The molecule has 6 nitrogen and oxygen atoms in total. The van der Waals surface area contributed by atoms with E-state index in [0.717, 1.165) is 11.3 Å². The first kappa shape index (κ1) is 16.6. The summed E-state index contributed by atoms with van der Waals surface area (Å²) in [5.74, 6) is 1.04. The van der Waals surface area contributed by atoms with E-state index in [4.69, 9.17) is 9.47 Å². The Morgan fingerprint density at radius 2 is 1.88 bits per heavy atom. The van der Waals surface area contributed by atoms with Crippen molar-refractivity contribution in [1.29, 1.82) is 0 Å². The van der Waals surface area contributed by atoms with E-state index in [2.05, 4.69) is 10.4 Å². The first-order valence-electron chi connectivity index (χ1n) is 7.81. The fourth-order valence-corrected chi connectivity index (χ4v) is 2.53. The van der Waals surface area contributed by atoms with Crippen LogP contribution in [0.15, 0.2) is 60.9 Å². The average Bonchev–Trinajstić information content (AvgIpc) is 3.16. The smallest absolute Gasteiger partial charge is 0.254 e. The number of rotatable bonds is 6. The number of methoxy groups -OCH3 is 2. The highest BCUT2D eigenvalue weighted by molar-refractivity contribution is 5.93. The molecule has 2 aromatic carbocycles. The molecule has 0 spiro atoms. The summed E-state index contributed by atoms with van der Waals surface area (Å²) in [6.07, 6.45) is 3.25. The first-order chi connectivity index (χ1) is 12.2. The monoisotopic (exact) mass is 337 g/mol. The summed E-state index contributed by atoms with van der Waals surface area (Å²) in [6, 6.07) is 15.2. The number of carbonyl (C=O) groups excluding carboxylic acids is 1. The Morgan fingerprint density at radius 1 is 1.08 bits per heavy atom. The number of benzene rings is 2. The van der Waals surface area contributed by atoms with Gasteiger partial charge >= 0.3 is 0 Å². The lowest BCUT2D eigenvalue weighted by Gasteiger charge is -2.12. The molecule has 0 saturated carbocycles. The van der Waals surface area contributed by atoms with Crippen molar-refractivity contribution in [3.63, 3.8) is 0 Å². The number of carbonyl (C=O) groups is 1. The molecule has 0 aliphatic rings. The van der Waals surface area contributed by atoms with Crippen molar-refractivity contribution < 1.29 is 14.3 Å². The number of ether oxygens (including phenoxy) is 2. The molecule has 128 valence electrons. The average molecular weight is 337 g/mol. The third-order valence-electron chi connectivity index (χ3n) is 3.79. The van der Waals surface area contributed by atoms with Gasteiger partial charge in [0, 0.05) is 18.3 Å². The largest absolute Gasteiger partial charge is 0.493 e. The minimum absolute atomic E-state index is 0.202. The van der Waals surface area contributed by atoms with Crippen LogP contribution < -0.4 is 14.8 Å². The summed E-state index contributed by atoms with van der Waals surface area (Å²) in [6.45, 7) is 0.329. The van der Waals surface area contributed by atoms with Gasteiger partial charge < -0.3 is 14.8 Å². The third kappa shape index (κ3) is 3.63. The maximum absolute atomic E-state index is 12.4. The number of nitrogens with zero attached hydrogens (tertiary/aromatic N) is 2. The molecule has 0 fully saturated rings. The first-order valence-corrected chi connectivity index (χ1v) is 7.81. The molecule has 3 aromatic rings. The molecule has 1 aromatic heterocycles. The van der Waals surface area contributed by atoms with Crippen LogP contribution in [-0.2, 0) is 6.54 Å². The van der Waals surface area contributed by atoms with Crippen molar-refractivity contribution in [3.05, 3.63) is 72.1 Å². The fourth-order valence-electron chi connectivity index (χ4n) is 2.53. The zero-order valence-corrected chi connectivity index (χ0v) is 14.1. The van der Waals surface area contributed by atoms with Gasteiger partial charge in [0.1, 0.15) is 0 Å². The van der Waals surface area contributed by atoms with Crippen LogP contribution in [0.25, 0.3) is 5.69 Å². The van der Waals surface area contributed by atoms with Crippen molar-refractivity contribution in [2.24, 2.45) is 0 Å².